The molecule has 0 heterocycles. The van der Waals surface area contributed by atoms with Crippen molar-refractivity contribution in [2.45, 2.75) is 168 Å². The van der Waals surface area contributed by atoms with E-state index in [1.165, 1.54) is 103 Å². The third kappa shape index (κ3) is 30.5. The Labute approximate surface area is 256 Å². The molecular weight excluding hydrogens is 557 g/mol. The molecule has 3 N–H and O–H groups in total. The second kappa shape index (κ2) is 30.1. The maximum atomic E-state index is 11.9. The fourth-order valence-corrected chi connectivity index (χ4v) is 5.41. The van der Waals surface area contributed by atoms with Crippen LogP contribution in [0.3, 0.4) is 0 Å². The molecule has 0 aromatic rings. The van der Waals surface area contributed by atoms with E-state index in [1.807, 2.05) is 6.92 Å². The molecule has 2 atom stereocenters. The van der Waals surface area contributed by atoms with Crippen LogP contribution >= 0.6 is 7.82 Å². The number of esters is 1. The summed E-state index contributed by atoms with van der Waals surface area (Å²) in [5, 5.41) is 12.5. The van der Waals surface area contributed by atoms with E-state index in [9.17, 15) is 24.2 Å². The van der Waals surface area contributed by atoms with Gasteiger partial charge < -0.3 is 20.1 Å². The van der Waals surface area contributed by atoms with Crippen molar-refractivity contribution >= 4 is 19.7 Å². The number of rotatable bonds is 32. The van der Waals surface area contributed by atoms with E-state index < -0.39 is 26.5 Å². The van der Waals surface area contributed by atoms with Gasteiger partial charge in [-0.15, -0.1) is 0 Å². The number of hydrogen-bond donors (Lipinski definition) is 3. The lowest BCUT2D eigenvalue weighted by Crippen LogP contribution is -2.27. The maximum absolute atomic E-state index is 11.9. The summed E-state index contributed by atoms with van der Waals surface area (Å²) in [6.45, 7) is 3.31. The Bertz CT molecular complexity index is 679. The van der Waals surface area contributed by atoms with Crippen LogP contribution in [0.25, 0.3) is 0 Å². The normalized spacial score (nSPS) is 13.5. The van der Waals surface area contributed by atoms with Crippen molar-refractivity contribution < 1.29 is 37.9 Å². The first kappa shape index (κ1) is 41.0. The quantitative estimate of drug-likeness (QED) is 0.0390. The molecule has 2 unspecified atom stereocenters. The highest BCUT2D eigenvalue weighted by atomic mass is 31.2. The lowest BCUT2D eigenvalue weighted by atomic mass is 10.0. The van der Waals surface area contributed by atoms with E-state index in [2.05, 4.69) is 12.2 Å². The number of carbonyl (C=O) groups excluding carboxylic acids is 2. The molecule has 0 spiro atoms. The molecule has 1 amide bonds. The SMILES string of the molecule is CCCCCCCCCCCCCCCCCCCCCC(=O)OCC(O)COP(=O)(O)OCCNC(=O)CCCC. The zero-order valence-electron chi connectivity index (χ0n) is 27.0. The number of aliphatic hydroxyl groups excluding tert-OH is 1. The number of hydrogen-bond acceptors (Lipinski definition) is 7. The lowest BCUT2D eigenvalue weighted by Gasteiger charge is -2.15. The average Bonchev–Trinajstić information content (AvgIpc) is 2.97. The molecule has 0 aliphatic rings. The Morgan fingerprint density at radius 2 is 1.10 bits per heavy atom. The number of aliphatic hydroxyl groups is 1. The van der Waals surface area contributed by atoms with Crippen LogP contribution in [0, 0.1) is 0 Å². The Morgan fingerprint density at radius 3 is 1.57 bits per heavy atom. The van der Waals surface area contributed by atoms with Crippen LogP contribution in [0.4, 0.5) is 0 Å². The minimum absolute atomic E-state index is 0.0795. The standard InChI is InChI=1S/C32H64NO8P/c1-3-5-7-8-9-10-11-12-13-14-15-16-17-18-19-20-21-22-23-25-32(36)39-28-30(34)29-41-42(37,38)40-27-26-33-31(35)24-6-4-2/h30,34H,3-29H2,1-2H3,(H,33,35)(H,37,38). The minimum atomic E-state index is -4.38. The van der Waals surface area contributed by atoms with Gasteiger partial charge in [-0.2, -0.15) is 0 Å². The van der Waals surface area contributed by atoms with Gasteiger partial charge in [0, 0.05) is 19.4 Å². The van der Waals surface area contributed by atoms with Crippen LogP contribution in [0.5, 0.6) is 0 Å². The summed E-state index contributed by atoms with van der Waals surface area (Å²) >= 11 is 0. The van der Waals surface area contributed by atoms with Crippen molar-refractivity contribution in [2.24, 2.45) is 0 Å². The largest absolute Gasteiger partial charge is 0.472 e. The Hall–Kier alpha value is -0.990. The van der Waals surface area contributed by atoms with Gasteiger partial charge in [0.05, 0.1) is 13.2 Å². The summed E-state index contributed by atoms with van der Waals surface area (Å²) in [5.41, 5.74) is 0. The molecule has 0 aliphatic heterocycles. The van der Waals surface area contributed by atoms with E-state index in [4.69, 9.17) is 13.8 Å². The van der Waals surface area contributed by atoms with Crippen molar-refractivity contribution in [3.63, 3.8) is 0 Å². The number of unbranched alkanes of at least 4 members (excludes halogenated alkanes) is 19. The summed E-state index contributed by atoms with van der Waals surface area (Å²) in [7, 11) is -4.38. The van der Waals surface area contributed by atoms with Gasteiger partial charge in [0.2, 0.25) is 5.91 Å². The molecule has 0 bridgehead atoms. The highest BCUT2D eigenvalue weighted by Crippen LogP contribution is 2.42. The van der Waals surface area contributed by atoms with Gasteiger partial charge in [0.25, 0.3) is 0 Å². The molecule has 10 heteroatoms. The number of amides is 1. The Balaban J connectivity index is 3.49. The molecular formula is C32H64NO8P. The van der Waals surface area contributed by atoms with Gasteiger partial charge in [-0.05, 0) is 12.8 Å². The van der Waals surface area contributed by atoms with Gasteiger partial charge in [0.1, 0.15) is 12.7 Å². The van der Waals surface area contributed by atoms with E-state index in [-0.39, 0.29) is 32.1 Å². The second-order valence-corrected chi connectivity index (χ2v) is 13.0. The fraction of sp³-hybridized carbons (Fsp3) is 0.938. The van der Waals surface area contributed by atoms with Crippen LogP contribution in [0.1, 0.15) is 162 Å². The number of carbonyl (C=O) groups is 2. The third-order valence-corrected chi connectivity index (χ3v) is 8.27. The first-order valence-electron chi connectivity index (χ1n) is 17.0. The summed E-state index contributed by atoms with van der Waals surface area (Å²) in [6, 6.07) is 0. The number of phosphoric ester groups is 1. The molecule has 0 saturated carbocycles. The zero-order chi connectivity index (χ0) is 31.2. The van der Waals surface area contributed by atoms with Crippen molar-refractivity contribution in [3.05, 3.63) is 0 Å². The molecule has 0 aromatic heterocycles. The van der Waals surface area contributed by atoms with Crippen molar-refractivity contribution in [2.75, 3.05) is 26.4 Å². The number of nitrogens with one attached hydrogen (secondary N) is 1. The van der Waals surface area contributed by atoms with Gasteiger partial charge in [-0.25, -0.2) is 4.57 Å². The van der Waals surface area contributed by atoms with Gasteiger partial charge in [-0.1, -0.05) is 136 Å². The molecule has 9 nitrogen and oxygen atoms in total. The van der Waals surface area contributed by atoms with Gasteiger partial charge in [0.15, 0.2) is 0 Å². The van der Waals surface area contributed by atoms with Crippen LogP contribution < -0.4 is 5.32 Å². The van der Waals surface area contributed by atoms with Crippen LogP contribution in [-0.2, 0) is 27.9 Å². The predicted octanol–water partition coefficient (Wildman–Crippen LogP) is 8.15. The highest BCUT2D eigenvalue weighted by molar-refractivity contribution is 7.47. The zero-order valence-corrected chi connectivity index (χ0v) is 27.9. The summed E-state index contributed by atoms with van der Waals surface area (Å²) in [6.07, 6.45) is 25.7. The fourth-order valence-electron chi connectivity index (χ4n) is 4.65. The molecule has 0 aromatic carbocycles. The molecule has 0 fully saturated rings. The first-order valence-corrected chi connectivity index (χ1v) is 18.5. The smallest absolute Gasteiger partial charge is 0.463 e. The Morgan fingerprint density at radius 1 is 0.643 bits per heavy atom. The van der Waals surface area contributed by atoms with Crippen LogP contribution in [0.2, 0.25) is 0 Å². The van der Waals surface area contributed by atoms with Gasteiger partial charge >= 0.3 is 13.8 Å². The highest BCUT2D eigenvalue weighted by Gasteiger charge is 2.23. The summed E-state index contributed by atoms with van der Waals surface area (Å²) in [4.78, 5) is 33.0. The van der Waals surface area contributed by atoms with E-state index in [0.717, 1.165) is 32.1 Å². The van der Waals surface area contributed by atoms with Crippen molar-refractivity contribution in [1.29, 1.82) is 0 Å². The van der Waals surface area contributed by atoms with Crippen LogP contribution in [-0.4, -0.2) is 54.3 Å². The third-order valence-electron chi connectivity index (χ3n) is 7.29. The second-order valence-electron chi connectivity index (χ2n) is 11.5. The van der Waals surface area contributed by atoms with Crippen molar-refractivity contribution in [1.82, 2.24) is 5.32 Å². The lowest BCUT2D eigenvalue weighted by molar-refractivity contribution is -0.147. The molecule has 0 aliphatic carbocycles. The van der Waals surface area contributed by atoms with Crippen LogP contribution in [0.15, 0.2) is 0 Å². The molecule has 0 rings (SSSR count). The summed E-state index contributed by atoms with van der Waals surface area (Å²) < 4.78 is 26.4. The molecule has 0 radical (unpaired) electrons. The monoisotopic (exact) mass is 621 g/mol. The number of phosphoric acid groups is 1. The topological polar surface area (TPSA) is 131 Å². The van der Waals surface area contributed by atoms with E-state index in [1.54, 1.807) is 0 Å². The molecule has 250 valence electrons. The van der Waals surface area contributed by atoms with Gasteiger partial charge in [-0.3, -0.25) is 18.6 Å². The average molecular weight is 622 g/mol. The van der Waals surface area contributed by atoms with E-state index in [0.29, 0.717) is 6.42 Å². The number of ether oxygens (including phenoxy) is 1. The predicted molar refractivity (Wildman–Crippen MR) is 169 cm³/mol. The molecule has 0 saturated heterocycles. The first-order chi connectivity index (χ1) is 20.3. The Kier molecular flexibility index (Phi) is 29.3. The van der Waals surface area contributed by atoms with Crippen molar-refractivity contribution in [3.8, 4) is 0 Å². The summed E-state index contributed by atoms with van der Waals surface area (Å²) in [5.74, 6) is -0.546. The minimum Gasteiger partial charge on any atom is -0.463 e. The maximum Gasteiger partial charge on any atom is 0.472 e. The van der Waals surface area contributed by atoms with E-state index >= 15 is 0 Å². The molecule has 42 heavy (non-hydrogen) atoms.